The van der Waals surface area contributed by atoms with Crippen LogP contribution >= 0.6 is 0 Å². The van der Waals surface area contributed by atoms with Crippen LogP contribution in [0.3, 0.4) is 0 Å². The standard InChI is InChI=1S/C17H29NO5/c1-6-17(5,22-12-11-16(2,3)4)10-9-15(21)23-18-13(19)7-8-14(18)20/h6-12H2,1-5H3. The van der Waals surface area contributed by atoms with Crippen molar-refractivity contribution in [2.75, 3.05) is 6.61 Å². The van der Waals surface area contributed by atoms with Crippen LogP contribution in [0.4, 0.5) is 0 Å². The summed E-state index contributed by atoms with van der Waals surface area (Å²) in [7, 11) is 0. The number of carbonyl (C=O) groups is 3. The lowest BCUT2D eigenvalue weighted by Crippen LogP contribution is -2.34. The van der Waals surface area contributed by atoms with Gasteiger partial charge in [-0.15, -0.1) is 5.06 Å². The highest BCUT2D eigenvalue weighted by molar-refractivity contribution is 6.01. The molecule has 1 heterocycles. The second kappa shape index (κ2) is 7.90. The first-order chi connectivity index (χ1) is 10.6. The van der Waals surface area contributed by atoms with Gasteiger partial charge in [0.25, 0.3) is 11.8 Å². The normalized spacial score (nSPS) is 18.2. The topological polar surface area (TPSA) is 72.9 Å². The van der Waals surface area contributed by atoms with E-state index in [1.807, 2.05) is 13.8 Å². The number of ether oxygens (including phenoxy) is 1. The Balaban J connectivity index is 2.41. The number of carbonyl (C=O) groups excluding carboxylic acids is 3. The summed E-state index contributed by atoms with van der Waals surface area (Å²) in [6.45, 7) is 11.1. The second-order valence-electron chi connectivity index (χ2n) is 7.51. The van der Waals surface area contributed by atoms with E-state index in [2.05, 4.69) is 20.8 Å². The molecule has 0 saturated carbocycles. The van der Waals surface area contributed by atoms with E-state index in [0.717, 1.165) is 12.8 Å². The molecule has 1 rings (SSSR count). The molecule has 6 nitrogen and oxygen atoms in total. The van der Waals surface area contributed by atoms with Crippen molar-refractivity contribution < 1.29 is 24.0 Å². The SMILES string of the molecule is CCC(C)(CCC(=O)ON1C(=O)CCC1=O)OCCC(C)(C)C. The summed E-state index contributed by atoms with van der Waals surface area (Å²) in [5.74, 6) is -1.49. The zero-order valence-electron chi connectivity index (χ0n) is 14.9. The van der Waals surface area contributed by atoms with Crippen LogP contribution in [0.25, 0.3) is 0 Å². The van der Waals surface area contributed by atoms with Crippen molar-refractivity contribution in [3.05, 3.63) is 0 Å². The van der Waals surface area contributed by atoms with Gasteiger partial charge in [-0.2, -0.15) is 0 Å². The van der Waals surface area contributed by atoms with Crippen molar-refractivity contribution >= 4 is 17.8 Å². The number of amides is 2. The minimum absolute atomic E-state index is 0.106. The molecule has 1 atom stereocenters. The fourth-order valence-corrected chi connectivity index (χ4v) is 2.13. The molecule has 1 fully saturated rings. The molecule has 0 aromatic carbocycles. The van der Waals surface area contributed by atoms with Gasteiger partial charge in [-0.05, 0) is 31.6 Å². The van der Waals surface area contributed by atoms with Gasteiger partial charge in [0.15, 0.2) is 0 Å². The van der Waals surface area contributed by atoms with E-state index in [9.17, 15) is 14.4 Å². The minimum atomic E-state index is -0.576. The summed E-state index contributed by atoms with van der Waals surface area (Å²) in [4.78, 5) is 39.6. The van der Waals surface area contributed by atoms with Crippen LogP contribution in [0.5, 0.6) is 0 Å². The molecule has 132 valence electrons. The van der Waals surface area contributed by atoms with Crippen LogP contribution in [-0.2, 0) is 24.0 Å². The Bertz CT molecular complexity index is 438. The molecule has 0 bridgehead atoms. The maximum absolute atomic E-state index is 11.9. The fraction of sp³-hybridized carbons (Fsp3) is 0.824. The molecule has 0 aliphatic carbocycles. The van der Waals surface area contributed by atoms with Gasteiger partial charge in [-0.25, -0.2) is 4.79 Å². The third kappa shape index (κ3) is 6.69. The molecule has 1 aliphatic rings. The molecule has 6 heteroatoms. The summed E-state index contributed by atoms with van der Waals surface area (Å²) < 4.78 is 5.96. The molecular formula is C17H29NO5. The molecule has 0 N–H and O–H groups in total. The van der Waals surface area contributed by atoms with Gasteiger partial charge < -0.3 is 9.57 Å². The van der Waals surface area contributed by atoms with E-state index < -0.39 is 23.4 Å². The maximum atomic E-state index is 11.9. The fourth-order valence-electron chi connectivity index (χ4n) is 2.13. The quantitative estimate of drug-likeness (QED) is 0.641. The van der Waals surface area contributed by atoms with Crippen LogP contribution in [0.2, 0.25) is 0 Å². The molecule has 23 heavy (non-hydrogen) atoms. The monoisotopic (exact) mass is 327 g/mol. The van der Waals surface area contributed by atoms with Crippen molar-refractivity contribution in [1.82, 2.24) is 5.06 Å². The molecule has 0 aromatic rings. The van der Waals surface area contributed by atoms with E-state index in [-0.39, 0.29) is 24.7 Å². The average molecular weight is 327 g/mol. The van der Waals surface area contributed by atoms with Gasteiger partial charge in [0.05, 0.1) is 12.0 Å². The Morgan fingerprint density at radius 1 is 1.09 bits per heavy atom. The molecule has 1 unspecified atom stereocenters. The van der Waals surface area contributed by atoms with Crippen molar-refractivity contribution in [2.45, 2.75) is 78.7 Å². The van der Waals surface area contributed by atoms with Gasteiger partial charge in [-0.3, -0.25) is 9.59 Å². The number of hydrogen-bond acceptors (Lipinski definition) is 5. The Labute approximate surface area is 138 Å². The summed E-state index contributed by atoms with van der Waals surface area (Å²) in [6.07, 6.45) is 2.51. The Kier molecular flexibility index (Phi) is 6.74. The predicted octanol–water partition coefficient (Wildman–Crippen LogP) is 3.00. The van der Waals surface area contributed by atoms with Gasteiger partial charge >= 0.3 is 5.97 Å². The number of imide groups is 1. The highest BCUT2D eigenvalue weighted by Gasteiger charge is 2.33. The molecule has 0 spiro atoms. The smallest absolute Gasteiger partial charge is 0.333 e. The van der Waals surface area contributed by atoms with Crippen LogP contribution in [-0.4, -0.2) is 35.1 Å². The molecule has 1 saturated heterocycles. The van der Waals surface area contributed by atoms with Gasteiger partial charge in [-0.1, -0.05) is 27.7 Å². The molecular weight excluding hydrogens is 298 g/mol. The number of hydrogen-bond donors (Lipinski definition) is 0. The zero-order valence-corrected chi connectivity index (χ0v) is 14.9. The molecule has 0 aromatic heterocycles. The van der Waals surface area contributed by atoms with Crippen LogP contribution in [0, 0.1) is 5.41 Å². The van der Waals surface area contributed by atoms with E-state index in [1.165, 1.54) is 0 Å². The second-order valence-corrected chi connectivity index (χ2v) is 7.51. The summed E-state index contributed by atoms with van der Waals surface area (Å²) in [6, 6.07) is 0. The predicted molar refractivity (Wildman–Crippen MR) is 85.1 cm³/mol. The van der Waals surface area contributed by atoms with Crippen LogP contribution in [0.1, 0.15) is 73.1 Å². The molecule has 0 radical (unpaired) electrons. The summed E-state index contributed by atoms with van der Waals surface area (Å²) in [5.41, 5.74) is -0.215. The Hall–Kier alpha value is -1.43. The van der Waals surface area contributed by atoms with Crippen LogP contribution in [0.15, 0.2) is 0 Å². The number of hydroxylamine groups is 2. The zero-order chi connectivity index (χ0) is 17.7. The van der Waals surface area contributed by atoms with E-state index >= 15 is 0 Å². The largest absolute Gasteiger partial charge is 0.375 e. The molecule has 2 amide bonds. The molecule has 1 aliphatic heterocycles. The van der Waals surface area contributed by atoms with Crippen molar-refractivity contribution in [3.63, 3.8) is 0 Å². The highest BCUT2D eigenvalue weighted by atomic mass is 16.7. The van der Waals surface area contributed by atoms with Gasteiger partial charge in [0, 0.05) is 19.4 Å². The van der Waals surface area contributed by atoms with Gasteiger partial charge in [0.2, 0.25) is 0 Å². The number of nitrogens with zero attached hydrogens (tertiary/aromatic N) is 1. The third-order valence-electron chi connectivity index (χ3n) is 4.11. The van der Waals surface area contributed by atoms with Crippen molar-refractivity contribution in [1.29, 1.82) is 0 Å². The van der Waals surface area contributed by atoms with E-state index in [0.29, 0.717) is 18.1 Å². The lowest BCUT2D eigenvalue weighted by molar-refractivity contribution is -0.198. The van der Waals surface area contributed by atoms with E-state index in [1.54, 1.807) is 0 Å². The summed E-state index contributed by atoms with van der Waals surface area (Å²) in [5, 5.41) is 0.589. The lowest BCUT2D eigenvalue weighted by atomic mass is 9.92. The van der Waals surface area contributed by atoms with Crippen molar-refractivity contribution in [2.24, 2.45) is 5.41 Å². The summed E-state index contributed by atoms with van der Waals surface area (Å²) >= 11 is 0. The Morgan fingerprint density at radius 2 is 1.65 bits per heavy atom. The van der Waals surface area contributed by atoms with Gasteiger partial charge in [0.1, 0.15) is 0 Å². The maximum Gasteiger partial charge on any atom is 0.333 e. The number of rotatable bonds is 8. The first-order valence-corrected chi connectivity index (χ1v) is 8.27. The Morgan fingerprint density at radius 3 is 2.13 bits per heavy atom. The lowest BCUT2D eigenvalue weighted by Gasteiger charge is -2.30. The first-order valence-electron chi connectivity index (χ1n) is 8.27. The third-order valence-corrected chi connectivity index (χ3v) is 4.11. The van der Waals surface area contributed by atoms with Crippen LogP contribution < -0.4 is 0 Å². The van der Waals surface area contributed by atoms with E-state index in [4.69, 9.17) is 9.57 Å². The minimum Gasteiger partial charge on any atom is -0.375 e. The first kappa shape index (κ1) is 19.6. The van der Waals surface area contributed by atoms with Crippen molar-refractivity contribution in [3.8, 4) is 0 Å². The average Bonchev–Trinajstić information content (AvgIpc) is 2.76. The highest BCUT2D eigenvalue weighted by Crippen LogP contribution is 2.26.